The Bertz CT molecular complexity index is 692. The van der Waals surface area contributed by atoms with E-state index >= 15 is 0 Å². The maximum Gasteiger partial charge on any atom is 0.261 e. The first-order chi connectivity index (χ1) is 11.1. The molecule has 7 heteroatoms. The van der Waals surface area contributed by atoms with Crippen LogP contribution >= 0.6 is 23.2 Å². The maximum absolute atomic E-state index is 6.41. The quantitative estimate of drug-likeness (QED) is 0.812. The van der Waals surface area contributed by atoms with Gasteiger partial charge in [0, 0.05) is 17.1 Å². The van der Waals surface area contributed by atoms with E-state index in [1.54, 1.807) is 23.1 Å². The van der Waals surface area contributed by atoms with Crippen LogP contribution in [0.4, 0.5) is 0 Å². The van der Waals surface area contributed by atoms with E-state index < -0.39 is 5.79 Å². The summed E-state index contributed by atoms with van der Waals surface area (Å²) < 4.78 is 14.1. The first-order valence-electron chi connectivity index (χ1n) is 7.76. The minimum absolute atomic E-state index is 0.0136. The monoisotopic (exact) mass is 355 g/mol. The first kappa shape index (κ1) is 16.7. The molecule has 2 heterocycles. The topological polar surface area (TPSA) is 49.2 Å². The highest BCUT2D eigenvalue weighted by atomic mass is 35.5. The van der Waals surface area contributed by atoms with Crippen molar-refractivity contribution in [1.82, 2.24) is 14.8 Å². The molecule has 2 atom stereocenters. The van der Waals surface area contributed by atoms with Gasteiger partial charge in [-0.25, -0.2) is 4.98 Å². The van der Waals surface area contributed by atoms with Crippen LogP contribution in [0.25, 0.3) is 0 Å². The number of halogens is 2. The fourth-order valence-electron chi connectivity index (χ4n) is 2.71. The summed E-state index contributed by atoms with van der Waals surface area (Å²) in [4.78, 5) is 4.39. The van der Waals surface area contributed by atoms with Crippen molar-refractivity contribution in [2.24, 2.45) is 0 Å². The van der Waals surface area contributed by atoms with E-state index in [-0.39, 0.29) is 6.10 Å². The lowest BCUT2D eigenvalue weighted by atomic mass is 10.0. The third-order valence-corrected chi connectivity index (χ3v) is 4.40. The summed E-state index contributed by atoms with van der Waals surface area (Å²) in [6, 6.07) is 5.25. The zero-order chi connectivity index (χ0) is 16.4. The molecule has 0 saturated carbocycles. The normalized spacial score (nSPS) is 24.3. The molecule has 1 aliphatic heterocycles. The Balaban J connectivity index is 2.07. The average molecular weight is 356 g/mol. The average Bonchev–Trinajstić information content (AvgIpc) is 3.15. The van der Waals surface area contributed by atoms with E-state index in [0.29, 0.717) is 28.0 Å². The van der Waals surface area contributed by atoms with Crippen LogP contribution in [0, 0.1) is 0 Å². The van der Waals surface area contributed by atoms with E-state index in [4.69, 9.17) is 32.7 Å². The second-order valence-corrected chi connectivity index (χ2v) is 6.35. The minimum Gasteiger partial charge on any atom is -0.337 e. The van der Waals surface area contributed by atoms with Crippen molar-refractivity contribution in [3.63, 3.8) is 0 Å². The lowest BCUT2D eigenvalue weighted by Gasteiger charge is -2.26. The number of hydrogen-bond donors (Lipinski definition) is 0. The molecule has 3 rings (SSSR count). The van der Waals surface area contributed by atoms with Crippen LogP contribution < -0.4 is 0 Å². The molecule has 124 valence electrons. The van der Waals surface area contributed by atoms with Gasteiger partial charge < -0.3 is 9.47 Å². The van der Waals surface area contributed by atoms with Crippen LogP contribution in [0.2, 0.25) is 10.0 Å². The molecule has 0 radical (unpaired) electrons. The minimum atomic E-state index is -1.18. The lowest BCUT2D eigenvalue weighted by molar-refractivity contribution is -0.149. The number of nitrogens with zero attached hydrogens (tertiary/aromatic N) is 3. The Kier molecular flexibility index (Phi) is 4.92. The first-order valence-corrected chi connectivity index (χ1v) is 8.52. The smallest absolute Gasteiger partial charge is 0.261 e. The summed E-state index contributed by atoms with van der Waals surface area (Å²) in [5.74, 6) is -0.718. The summed E-state index contributed by atoms with van der Waals surface area (Å²) in [5.41, 5.74) is 0.677. The van der Waals surface area contributed by atoms with Crippen molar-refractivity contribution in [3.8, 4) is 0 Å². The molecule has 1 aliphatic rings. The van der Waals surface area contributed by atoms with Gasteiger partial charge in [-0.05, 0) is 25.5 Å². The summed E-state index contributed by atoms with van der Waals surface area (Å²) in [5, 5.41) is 5.52. The number of ether oxygens (including phenoxy) is 2. The van der Waals surface area contributed by atoms with Gasteiger partial charge in [0.2, 0.25) is 5.82 Å². The standard InChI is InChI=1S/C16H19Cl2N3O2/c1-3-5-12-9-22-16(23-12,15-19-10-21(4-2)20-15)13-7-6-11(17)8-14(13)18/h6-8,10,12H,3-5,9H2,1-2H3. The number of hydrogen-bond acceptors (Lipinski definition) is 4. The molecule has 23 heavy (non-hydrogen) atoms. The van der Waals surface area contributed by atoms with Gasteiger partial charge >= 0.3 is 0 Å². The summed E-state index contributed by atoms with van der Waals surface area (Å²) in [6.07, 6.45) is 3.57. The predicted molar refractivity (Wildman–Crippen MR) is 88.7 cm³/mol. The zero-order valence-electron chi connectivity index (χ0n) is 13.1. The molecule has 1 aromatic carbocycles. The van der Waals surface area contributed by atoms with E-state index in [1.165, 1.54) is 0 Å². The van der Waals surface area contributed by atoms with Crippen LogP contribution in [-0.4, -0.2) is 27.5 Å². The van der Waals surface area contributed by atoms with Crippen molar-refractivity contribution in [1.29, 1.82) is 0 Å². The summed E-state index contributed by atoms with van der Waals surface area (Å²) in [6.45, 7) is 5.31. The zero-order valence-corrected chi connectivity index (χ0v) is 14.6. The van der Waals surface area contributed by atoms with Crippen LogP contribution in [0.1, 0.15) is 38.1 Å². The molecule has 1 saturated heterocycles. The molecule has 2 unspecified atom stereocenters. The molecule has 1 aromatic heterocycles. The van der Waals surface area contributed by atoms with Crippen molar-refractivity contribution in [2.75, 3.05) is 6.61 Å². The van der Waals surface area contributed by atoms with E-state index in [1.807, 2.05) is 13.0 Å². The van der Waals surface area contributed by atoms with Crippen molar-refractivity contribution < 1.29 is 9.47 Å². The lowest BCUT2D eigenvalue weighted by Crippen LogP contribution is -2.32. The van der Waals surface area contributed by atoms with Crippen molar-refractivity contribution >= 4 is 23.2 Å². The Hall–Kier alpha value is -1.14. The molecule has 0 aliphatic carbocycles. The van der Waals surface area contributed by atoms with Crippen LogP contribution in [0.5, 0.6) is 0 Å². The van der Waals surface area contributed by atoms with E-state index in [0.717, 1.165) is 19.4 Å². The Labute approximate surface area is 145 Å². The predicted octanol–water partition coefficient (Wildman–Crippen LogP) is 4.02. The van der Waals surface area contributed by atoms with Gasteiger partial charge in [-0.2, -0.15) is 0 Å². The molecular weight excluding hydrogens is 337 g/mol. The van der Waals surface area contributed by atoms with Gasteiger partial charge in [-0.1, -0.05) is 42.6 Å². The fraction of sp³-hybridized carbons (Fsp3) is 0.500. The third kappa shape index (κ3) is 3.11. The summed E-state index contributed by atoms with van der Waals surface area (Å²) >= 11 is 12.4. The third-order valence-electron chi connectivity index (χ3n) is 3.86. The molecule has 0 spiro atoms. The largest absolute Gasteiger partial charge is 0.337 e. The van der Waals surface area contributed by atoms with Crippen LogP contribution in [0.15, 0.2) is 24.5 Å². The van der Waals surface area contributed by atoms with Gasteiger partial charge in [-0.3, -0.25) is 4.68 Å². The van der Waals surface area contributed by atoms with Crippen molar-refractivity contribution in [2.45, 2.75) is 45.1 Å². The number of aromatic nitrogens is 3. The number of aryl methyl sites for hydroxylation is 1. The Morgan fingerprint density at radius 2 is 2.17 bits per heavy atom. The van der Waals surface area contributed by atoms with Gasteiger partial charge in [0.1, 0.15) is 6.33 Å². The van der Waals surface area contributed by atoms with Gasteiger partial charge in [0.25, 0.3) is 5.79 Å². The Morgan fingerprint density at radius 1 is 1.35 bits per heavy atom. The molecule has 5 nitrogen and oxygen atoms in total. The van der Waals surface area contributed by atoms with Gasteiger partial charge in [0.15, 0.2) is 0 Å². The Morgan fingerprint density at radius 3 is 2.83 bits per heavy atom. The number of benzene rings is 1. The SMILES string of the molecule is CCCC1COC(c2ncn(CC)n2)(c2ccc(Cl)cc2Cl)O1. The molecule has 0 amide bonds. The van der Waals surface area contributed by atoms with Crippen molar-refractivity contribution in [3.05, 3.63) is 46.0 Å². The second-order valence-electron chi connectivity index (χ2n) is 5.50. The molecule has 0 bridgehead atoms. The molecule has 2 aromatic rings. The molecular formula is C16H19Cl2N3O2. The maximum atomic E-state index is 6.41. The van der Waals surface area contributed by atoms with Crippen LogP contribution in [0.3, 0.4) is 0 Å². The molecule has 1 fully saturated rings. The van der Waals surface area contributed by atoms with Crippen LogP contribution in [-0.2, 0) is 21.8 Å². The molecule has 0 N–H and O–H groups in total. The van der Waals surface area contributed by atoms with E-state index in [9.17, 15) is 0 Å². The van der Waals surface area contributed by atoms with E-state index in [2.05, 4.69) is 17.0 Å². The highest BCUT2D eigenvalue weighted by molar-refractivity contribution is 6.35. The number of rotatable bonds is 5. The van der Waals surface area contributed by atoms with Gasteiger partial charge in [0.05, 0.1) is 17.7 Å². The van der Waals surface area contributed by atoms with Gasteiger partial charge in [-0.15, -0.1) is 5.10 Å². The highest BCUT2D eigenvalue weighted by Gasteiger charge is 2.49. The second kappa shape index (κ2) is 6.77. The fourth-order valence-corrected chi connectivity index (χ4v) is 3.24. The highest BCUT2D eigenvalue weighted by Crippen LogP contribution is 2.43. The summed E-state index contributed by atoms with van der Waals surface area (Å²) in [7, 11) is 0.